The Morgan fingerprint density at radius 3 is 2.44 bits per heavy atom. The third-order valence-corrected chi connectivity index (χ3v) is 5.13. The van der Waals surface area contributed by atoms with Gasteiger partial charge in [-0.2, -0.15) is 14.9 Å². The number of rotatable bonds is 6. The van der Waals surface area contributed by atoms with Gasteiger partial charge in [-0.3, -0.25) is 4.79 Å². The third-order valence-electron chi connectivity index (χ3n) is 4.71. The van der Waals surface area contributed by atoms with Gasteiger partial charge >= 0.3 is 0 Å². The molecule has 1 N–H and O–H groups in total. The Hall–Kier alpha value is -3.22. The minimum atomic E-state index is -0.793. The molecule has 3 rings (SSSR count). The Bertz CT molecular complexity index is 1180. The number of carbonyl (C=O) groups is 1. The van der Waals surface area contributed by atoms with Gasteiger partial charge in [0.2, 0.25) is 5.95 Å². The zero-order valence-electron chi connectivity index (χ0n) is 18.3. The van der Waals surface area contributed by atoms with Crippen LogP contribution in [0.15, 0.2) is 30.6 Å². The Morgan fingerprint density at radius 1 is 1.19 bits per heavy atom. The van der Waals surface area contributed by atoms with Crippen LogP contribution >= 0.6 is 23.2 Å². The maximum atomic E-state index is 13.0. The first-order chi connectivity index (χ1) is 15.0. The molecule has 2 aromatic heterocycles. The maximum absolute atomic E-state index is 13.0. The van der Waals surface area contributed by atoms with Crippen LogP contribution in [0.25, 0.3) is 5.95 Å². The topological polar surface area (TPSA) is 113 Å². The number of hydrogen-bond acceptors (Lipinski definition) is 7. The van der Waals surface area contributed by atoms with Crippen molar-refractivity contribution in [2.45, 2.75) is 32.2 Å². The van der Waals surface area contributed by atoms with Gasteiger partial charge in [-0.1, -0.05) is 23.2 Å². The summed E-state index contributed by atoms with van der Waals surface area (Å²) in [6, 6.07) is 6.57. The second kappa shape index (κ2) is 9.10. The smallest absolute Gasteiger partial charge is 0.252 e. The molecule has 2 heterocycles. The monoisotopic (exact) mass is 472 g/mol. The number of aromatic nitrogens is 5. The quantitative estimate of drug-likeness (QED) is 0.581. The second-order valence-electron chi connectivity index (χ2n) is 7.94. The van der Waals surface area contributed by atoms with Gasteiger partial charge < -0.3 is 10.2 Å². The van der Waals surface area contributed by atoms with Gasteiger partial charge in [-0.05, 0) is 44.5 Å². The highest BCUT2D eigenvalue weighted by Gasteiger charge is 2.25. The first-order valence-electron chi connectivity index (χ1n) is 9.67. The molecule has 9 nitrogen and oxygen atoms in total. The van der Waals surface area contributed by atoms with Crippen LogP contribution in [-0.2, 0) is 5.41 Å². The largest absolute Gasteiger partial charge is 0.346 e. The van der Waals surface area contributed by atoms with Crippen LogP contribution in [-0.4, -0.2) is 44.7 Å². The molecule has 11 heteroatoms. The van der Waals surface area contributed by atoms with Crippen molar-refractivity contribution in [3.8, 4) is 12.0 Å². The molecule has 32 heavy (non-hydrogen) atoms. The molecule has 0 aliphatic rings. The number of nitriles is 1. The van der Waals surface area contributed by atoms with E-state index >= 15 is 0 Å². The number of halogens is 2. The lowest BCUT2D eigenvalue weighted by Crippen LogP contribution is -2.29. The number of nitrogens with zero attached hydrogens (tertiary/aromatic N) is 7. The normalized spacial score (nSPS) is 12.2. The molecule has 0 saturated heterocycles. The highest BCUT2D eigenvalue weighted by atomic mass is 35.5. The van der Waals surface area contributed by atoms with E-state index < -0.39 is 11.5 Å². The molecule has 1 aromatic carbocycles. The van der Waals surface area contributed by atoms with Crippen molar-refractivity contribution >= 4 is 35.1 Å². The van der Waals surface area contributed by atoms with Crippen LogP contribution in [0.1, 0.15) is 48.6 Å². The van der Waals surface area contributed by atoms with Crippen molar-refractivity contribution < 1.29 is 4.79 Å². The average molecular weight is 473 g/mol. The van der Waals surface area contributed by atoms with Crippen molar-refractivity contribution in [2.75, 3.05) is 19.0 Å². The molecular formula is C21H22Cl2N8O. The Labute approximate surface area is 196 Å². The van der Waals surface area contributed by atoms with E-state index in [1.165, 1.54) is 17.1 Å². The Kier molecular flexibility index (Phi) is 6.67. The van der Waals surface area contributed by atoms with Gasteiger partial charge in [0.25, 0.3) is 11.9 Å². The number of benzene rings is 1. The number of nitrogens with one attached hydrogen (secondary N) is 1. The summed E-state index contributed by atoms with van der Waals surface area (Å²) >= 11 is 12.1. The number of carbonyl (C=O) groups excluding carboxylic acids is 1. The molecule has 1 atom stereocenters. The summed E-state index contributed by atoms with van der Waals surface area (Å²) in [6.07, 6.45) is 2.91. The lowest BCUT2D eigenvalue weighted by molar-refractivity contribution is 0.0937. The highest BCUT2D eigenvalue weighted by Crippen LogP contribution is 2.27. The summed E-state index contributed by atoms with van der Waals surface area (Å²) < 4.78 is 1.46. The molecule has 0 radical (unpaired) electrons. The molecule has 0 fully saturated rings. The molecular weight excluding hydrogens is 451 g/mol. The van der Waals surface area contributed by atoms with Gasteiger partial charge in [0, 0.05) is 24.7 Å². The minimum Gasteiger partial charge on any atom is -0.346 e. The van der Waals surface area contributed by atoms with E-state index in [2.05, 4.69) is 31.4 Å². The molecule has 3 aromatic rings. The predicted molar refractivity (Wildman–Crippen MR) is 122 cm³/mol. The lowest BCUT2D eigenvalue weighted by atomic mass is 9.85. The van der Waals surface area contributed by atoms with Crippen LogP contribution in [0.4, 0.5) is 5.95 Å². The van der Waals surface area contributed by atoms with Crippen LogP contribution in [0, 0.1) is 11.3 Å². The summed E-state index contributed by atoms with van der Waals surface area (Å²) in [6.45, 7) is 5.30. The van der Waals surface area contributed by atoms with Crippen LogP contribution < -0.4 is 10.2 Å². The molecule has 166 valence electrons. The van der Waals surface area contributed by atoms with Gasteiger partial charge in [-0.25, -0.2) is 9.97 Å². The zero-order valence-corrected chi connectivity index (χ0v) is 19.8. The standard InChI is InChI=1S/C21H22Cl2N8O/c1-12(27-18(32)13-6-14(8-15(22)7-13)21(2,3)11-24)17-28-20(30(4)5)29-31(17)19-25-9-16(23)10-26-19/h6-10,12H,1-5H3,(H,27,32)/t12-/m0/s1. The lowest BCUT2D eigenvalue weighted by Gasteiger charge is -2.18. The Morgan fingerprint density at radius 2 is 1.84 bits per heavy atom. The summed E-state index contributed by atoms with van der Waals surface area (Å²) in [5.41, 5.74) is 0.195. The van der Waals surface area contributed by atoms with E-state index in [-0.39, 0.29) is 11.9 Å². The fourth-order valence-electron chi connectivity index (χ4n) is 2.84. The first-order valence-corrected chi connectivity index (χ1v) is 10.4. The summed E-state index contributed by atoms with van der Waals surface area (Å²) in [4.78, 5) is 27.7. The summed E-state index contributed by atoms with van der Waals surface area (Å²) in [5.74, 6) is 0.768. The van der Waals surface area contributed by atoms with E-state index in [0.717, 1.165) is 0 Å². The van der Waals surface area contributed by atoms with Gasteiger partial charge in [0.15, 0.2) is 5.82 Å². The van der Waals surface area contributed by atoms with E-state index in [0.29, 0.717) is 32.9 Å². The van der Waals surface area contributed by atoms with Gasteiger partial charge in [0.05, 0.1) is 34.9 Å². The molecule has 0 unspecified atom stereocenters. The van der Waals surface area contributed by atoms with Gasteiger partial charge in [0.1, 0.15) is 0 Å². The minimum absolute atomic E-state index is 0.270. The van der Waals surface area contributed by atoms with E-state index in [9.17, 15) is 10.1 Å². The van der Waals surface area contributed by atoms with Crippen LogP contribution in [0.3, 0.4) is 0 Å². The third kappa shape index (κ3) is 4.98. The van der Waals surface area contributed by atoms with Crippen molar-refractivity contribution in [3.05, 3.63) is 57.6 Å². The number of hydrogen-bond donors (Lipinski definition) is 1. The van der Waals surface area contributed by atoms with Crippen molar-refractivity contribution in [1.82, 2.24) is 30.0 Å². The van der Waals surface area contributed by atoms with E-state index in [4.69, 9.17) is 23.2 Å². The molecule has 0 spiro atoms. The molecule has 0 aliphatic heterocycles. The fourth-order valence-corrected chi connectivity index (χ4v) is 3.17. The molecule has 0 aliphatic carbocycles. The van der Waals surface area contributed by atoms with E-state index in [1.807, 2.05) is 0 Å². The van der Waals surface area contributed by atoms with Gasteiger partial charge in [-0.15, -0.1) is 5.10 Å². The zero-order chi connectivity index (χ0) is 23.6. The number of amides is 1. The predicted octanol–water partition coefficient (Wildman–Crippen LogP) is 3.72. The molecule has 0 bridgehead atoms. The molecule has 0 saturated carbocycles. The maximum Gasteiger partial charge on any atom is 0.252 e. The highest BCUT2D eigenvalue weighted by molar-refractivity contribution is 6.31. The molecule has 1 amide bonds. The van der Waals surface area contributed by atoms with E-state index in [1.54, 1.807) is 58.0 Å². The van der Waals surface area contributed by atoms with Crippen molar-refractivity contribution in [3.63, 3.8) is 0 Å². The van der Waals surface area contributed by atoms with Crippen molar-refractivity contribution in [1.29, 1.82) is 5.26 Å². The SMILES string of the molecule is C[C@H](NC(=O)c1cc(Cl)cc(C(C)(C)C#N)c1)c1nc(N(C)C)nn1-c1ncc(Cl)cn1. The average Bonchev–Trinajstić information content (AvgIpc) is 3.20. The summed E-state index contributed by atoms with van der Waals surface area (Å²) in [5, 5.41) is 17.5. The number of anilines is 1. The van der Waals surface area contributed by atoms with Crippen LogP contribution in [0.5, 0.6) is 0 Å². The fraction of sp³-hybridized carbons (Fsp3) is 0.333. The van der Waals surface area contributed by atoms with Crippen molar-refractivity contribution in [2.24, 2.45) is 0 Å². The summed E-state index contributed by atoms with van der Waals surface area (Å²) in [7, 11) is 3.61. The Balaban J connectivity index is 1.94. The first kappa shape index (κ1) is 23.4. The van der Waals surface area contributed by atoms with Crippen LogP contribution in [0.2, 0.25) is 10.0 Å². The second-order valence-corrected chi connectivity index (χ2v) is 8.81.